The molecule has 0 fully saturated rings. The van der Waals surface area contributed by atoms with Crippen LogP contribution in [-0.2, 0) is 9.53 Å². The Labute approximate surface area is 119 Å². The highest BCUT2D eigenvalue weighted by molar-refractivity contribution is 5.97. The van der Waals surface area contributed by atoms with E-state index in [0.29, 0.717) is 30.9 Å². The third-order valence-electron chi connectivity index (χ3n) is 2.46. The first-order valence-corrected chi connectivity index (χ1v) is 6.34. The number of carbonyl (C=O) groups is 2. The number of rotatable bonds is 7. The van der Waals surface area contributed by atoms with Gasteiger partial charge in [0, 0.05) is 24.9 Å². The lowest BCUT2D eigenvalue weighted by Gasteiger charge is -2.11. The highest BCUT2D eigenvalue weighted by Gasteiger charge is 2.08. The monoisotopic (exact) mass is 279 g/mol. The fourth-order valence-electron chi connectivity index (χ4n) is 1.59. The molecule has 6 nitrogen and oxygen atoms in total. The summed E-state index contributed by atoms with van der Waals surface area (Å²) >= 11 is 0. The fraction of sp³-hybridized carbons (Fsp3) is 0.429. The normalized spacial score (nSPS) is 10.4. The average Bonchev–Trinajstić information content (AvgIpc) is 2.38. The Morgan fingerprint density at radius 1 is 1.30 bits per heavy atom. The van der Waals surface area contributed by atoms with Crippen LogP contribution in [0.2, 0.25) is 0 Å². The van der Waals surface area contributed by atoms with E-state index in [0.717, 1.165) is 0 Å². The molecule has 0 spiro atoms. The van der Waals surface area contributed by atoms with Crippen molar-refractivity contribution in [3.05, 3.63) is 29.8 Å². The maximum Gasteiger partial charge on any atom is 0.251 e. The van der Waals surface area contributed by atoms with Gasteiger partial charge in [-0.15, -0.1) is 0 Å². The summed E-state index contributed by atoms with van der Waals surface area (Å²) in [5, 5.41) is 5.48. The number of nitrogens with one attached hydrogen (secondary N) is 2. The lowest BCUT2D eigenvalue weighted by molar-refractivity contribution is -0.116. The Morgan fingerprint density at radius 2 is 2.05 bits per heavy atom. The van der Waals surface area contributed by atoms with Gasteiger partial charge in [-0.3, -0.25) is 9.59 Å². The molecule has 0 unspecified atom stereocenters. The average molecular weight is 279 g/mol. The molecular weight excluding hydrogens is 258 g/mol. The van der Waals surface area contributed by atoms with Crippen LogP contribution in [0.15, 0.2) is 24.3 Å². The molecule has 2 N–H and O–H groups in total. The number of nitrogens with zero attached hydrogens (tertiary/aromatic N) is 1. The molecule has 20 heavy (non-hydrogen) atoms. The second kappa shape index (κ2) is 8.29. The van der Waals surface area contributed by atoms with Crippen molar-refractivity contribution < 1.29 is 14.3 Å². The van der Waals surface area contributed by atoms with E-state index in [1.54, 1.807) is 36.3 Å². The van der Waals surface area contributed by atoms with E-state index >= 15 is 0 Å². The van der Waals surface area contributed by atoms with Gasteiger partial charge in [0.1, 0.15) is 0 Å². The van der Waals surface area contributed by atoms with E-state index in [-0.39, 0.29) is 11.8 Å². The van der Waals surface area contributed by atoms with Gasteiger partial charge < -0.3 is 20.3 Å². The van der Waals surface area contributed by atoms with E-state index in [9.17, 15) is 9.59 Å². The number of benzene rings is 1. The highest BCUT2D eigenvalue weighted by atomic mass is 16.5. The lowest BCUT2D eigenvalue weighted by atomic mass is 10.2. The number of hydrogen-bond donors (Lipinski definition) is 2. The molecule has 0 aliphatic carbocycles. The molecule has 0 atom stereocenters. The van der Waals surface area contributed by atoms with Crippen LogP contribution in [0.25, 0.3) is 0 Å². The molecule has 0 bridgehead atoms. The van der Waals surface area contributed by atoms with Crippen molar-refractivity contribution in [2.24, 2.45) is 0 Å². The quantitative estimate of drug-likeness (QED) is 0.716. The minimum Gasteiger partial charge on any atom is -0.383 e. The molecule has 0 radical (unpaired) electrons. The van der Waals surface area contributed by atoms with Gasteiger partial charge in [-0.05, 0) is 32.3 Å². The Hall–Kier alpha value is -1.92. The summed E-state index contributed by atoms with van der Waals surface area (Å²) in [7, 11) is 5.21. The standard InChI is InChI=1S/C14H21N3O3/c1-17(2)10-13(18)16-12-6-4-5-11(9-12)14(19)15-7-8-20-3/h4-6,9H,7-8,10H2,1-3H3,(H,15,19)(H,16,18). The molecule has 110 valence electrons. The number of hydrogen-bond acceptors (Lipinski definition) is 4. The number of methoxy groups -OCH3 is 1. The second-order valence-electron chi connectivity index (χ2n) is 4.62. The minimum atomic E-state index is -0.189. The number of ether oxygens (including phenoxy) is 1. The minimum absolute atomic E-state index is 0.119. The van der Waals surface area contributed by atoms with Crippen molar-refractivity contribution >= 4 is 17.5 Å². The van der Waals surface area contributed by atoms with Crippen molar-refractivity contribution in [1.29, 1.82) is 0 Å². The van der Waals surface area contributed by atoms with Crippen molar-refractivity contribution in [3.63, 3.8) is 0 Å². The smallest absolute Gasteiger partial charge is 0.251 e. The van der Waals surface area contributed by atoms with Crippen LogP contribution in [0.1, 0.15) is 10.4 Å². The van der Waals surface area contributed by atoms with E-state index in [2.05, 4.69) is 10.6 Å². The first-order valence-electron chi connectivity index (χ1n) is 6.34. The van der Waals surface area contributed by atoms with Crippen molar-refractivity contribution in [2.75, 3.05) is 46.2 Å². The van der Waals surface area contributed by atoms with Crippen molar-refractivity contribution in [2.45, 2.75) is 0 Å². The van der Waals surface area contributed by atoms with Gasteiger partial charge in [-0.1, -0.05) is 6.07 Å². The summed E-state index contributed by atoms with van der Waals surface area (Å²) in [6.45, 7) is 1.21. The van der Waals surface area contributed by atoms with Gasteiger partial charge in [-0.25, -0.2) is 0 Å². The Kier molecular flexibility index (Phi) is 6.69. The molecule has 2 amide bonds. The molecule has 0 heterocycles. The number of likely N-dealkylation sites (N-methyl/N-ethyl adjacent to an activating group) is 1. The molecule has 6 heteroatoms. The van der Waals surface area contributed by atoms with Gasteiger partial charge in [0.25, 0.3) is 5.91 Å². The molecule has 0 aromatic heterocycles. The highest BCUT2D eigenvalue weighted by Crippen LogP contribution is 2.10. The van der Waals surface area contributed by atoms with Gasteiger partial charge >= 0.3 is 0 Å². The Morgan fingerprint density at radius 3 is 2.70 bits per heavy atom. The molecule has 1 aromatic carbocycles. The summed E-state index contributed by atoms with van der Waals surface area (Å²) in [5.74, 6) is -0.308. The third-order valence-corrected chi connectivity index (χ3v) is 2.46. The van der Waals surface area contributed by atoms with Gasteiger partial charge in [0.2, 0.25) is 5.91 Å². The molecule has 0 saturated carbocycles. The zero-order valence-corrected chi connectivity index (χ0v) is 12.1. The van der Waals surface area contributed by atoms with E-state index in [1.807, 2.05) is 14.1 Å². The summed E-state index contributed by atoms with van der Waals surface area (Å²) < 4.78 is 4.87. The maximum absolute atomic E-state index is 11.8. The number of anilines is 1. The fourth-order valence-corrected chi connectivity index (χ4v) is 1.59. The topological polar surface area (TPSA) is 70.7 Å². The van der Waals surface area contributed by atoms with Crippen LogP contribution in [0, 0.1) is 0 Å². The largest absolute Gasteiger partial charge is 0.383 e. The lowest BCUT2D eigenvalue weighted by Crippen LogP contribution is -2.28. The first-order chi connectivity index (χ1) is 9.52. The number of amides is 2. The van der Waals surface area contributed by atoms with Crippen LogP contribution >= 0.6 is 0 Å². The molecule has 1 rings (SSSR count). The SMILES string of the molecule is COCCNC(=O)c1cccc(NC(=O)CN(C)C)c1. The number of carbonyl (C=O) groups excluding carboxylic acids is 2. The second-order valence-corrected chi connectivity index (χ2v) is 4.62. The van der Waals surface area contributed by atoms with Gasteiger partial charge in [0.05, 0.1) is 13.2 Å². The summed E-state index contributed by atoms with van der Waals surface area (Å²) in [4.78, 5) is 25.3. The summed E-state index contributed by atoms with van der Waals surface area (Å²) in [5.41, 5.74) is 1.11. The molecule has 1 aromatic rings. The van der Waals surface area contributed by atoms with Gasteiger partial charge in [-0.2, -0.15) is 0 Å². The van der Waals surface area contributed by atoms with Crippen molar-refractivity contribution in [3.8, 4) is 0 Å². The Bertz CT molecular complexity index is 461. The van der Waals surface area contributed by atoms with E-state index < -0.39 is 0 Å². The predicted molar refractivity (Wildman–Crippen MR) is 77.8 cm³/mol. The van der Waals surface area contributed by atoms with Crippen LogP contribution in [0.4, 0.5) is 5.69 Å². The zero-order chi connectivity index (χ0) is 15.0. The van der Waals surface area contributed by atoms with Crippen LogP contribution in [-0.4, -0.2) is 57.6 Å². The van der Waals surface area contributed by atoms with Crippen LogP contribution < -0.4 is 10.6 Å². The molecule has 0 saturated heterocycles. The zero-order valence-electron chi connectivity index (χ0n) is 12.1. The predicted octanol–water partition coefficient (Wildman–Crippen LogP) is 0.563. The maximum atomic E-state index is 11.8. The third kappa shape index (κ3) is 5.81. The van der Waals surface area contributed by atoms with Crippen LogP contribution in [0.5, 0.6) is 0 Å². The van der Waals surface area contributed by atoms with Crippen molar-refractivity contribution in [1.82, 2.24) is 10.2 Å². The summed E-state index contributed by atoms with van der Waals surface area (Å²) in [6.07, 6.45) is 0. The first kappa shape index (κ1) is 16.1. The van der Waals surface area contributed by atoms with E-state index in [1.165, 1.54) is 0 Å². The van der Waals surface area contributed by atoms with Gasteiger partial charge in [0.15, 0.2) is 0 Å². The molecular formula is C14H21N3O3. The summed E-state index contributed by atoms with van der Waals surface area (Å²) in [6, 6.07) is 6.83. The van der Waals surface area contributed by atoms with E-state index in [4.69, 9.17) is 4.74 Å². The molecule has 0 aliphatic rings. The Balaban J connectivity index is 2.61. The molecule has 0 aliphatic heterocycles. The van der Waals surface area contributed by atoms with Crippen LogP contribution in [0.3, 0.4) is 0 Å².